The minimum Gasteiger partial charge on any atom is -0.379 e. The third kappa shape index (κ3) is 5.28. The average molecular weight is 293 g/mol. The van der Waals surface area contributed by atoms with Crippen LogP contribution in [0.4, 0.5) is 0 Å². The van der Waals surface area contributed by atoms with Crippen LogP contribution >= 0.6 is 12.4 Å². The molecule has 4 nitrogen and oxygen atoms in total. The number of carbonyl (C=O) groups is 1. The van der Waals surface area contributed by atoms with E-state index in [2.05, 4.69) is 26.1 Å². The molecule has 0 aromatic rings. The number of methoxy groups -OCH3 is 1. The molecule has 3 atom stereocenters. The summed E-state index contributed by atoms with van der Waals surface area (Å²) in [6, 6.07) is 0. The largest absolute Gasteiger partial charge is 0.379 e. The van der Waals surface area contributed by atoms with Crippen molar-refractivity contribution < 1.29 is 9.53 Å². The first kappa shape index (κ1) is 18.7. The first-order valence-corrected chi connectivity index (χ1v) is 6.90. The molecular formula is C14H29ClN2O2. The summed E-state index contributed by atoms with van der Waals surface area (Å²) < 4.78 is 5.44. The summed E-state index contributed by atoms with van der Waals surface area (Å²) in [5.74, 6) is 0.613. The van der Waals surface area contributed by atoms with Crippen LogP contribution in [0.25, 0.3) is 0 Å². The Balaban J connectivity index is 0.00000324. The molecule has 0 aliphatic heterocycles. The lowest BCUT2D eigenvalue weighted by molar-refractivity contribution is -0.127. The molecule has 0 aromatic heterocycles. The van der Waals surface area contributed by atoms with Gasteiger partial charge in [0.2, 0.25) is 5.91 Å². The molecule has 0 radical (unpaired) electrons. The maximum atomic E-state index is 12.1. The van der Waals surface area contributed by atoms with E-state index in [0.29, 0.717) is 19.0 Å². The Kier molecular flexibility index (Phi) is 7.94. The van der Waals surface area contributed by atoms with Crippen LogP contribution in [0.15, 0.2) is 0 Å². The summed E-state index contributed by atoms with van der Waals surface area (Å²) in [4.78, 5) is 12.1. The Morgan fingerprint density at radius 2 is 2.05 bits per heavy atom. The van der Waals surface area contributed by atoms with Gasteiger partial charge in [0.25, 0.3) is 0 Å². The molecule has 1 fully saturated rings. The number of nitrogens with two attached hydrogens (primary N) is 1. The second-order valence-electron chi connectivity index (χ2n) is 6.37. The topological polar surface area (TPSA) is 64.3 Å². The number of carbonyl (C=O) groups excluding carboxylic acids is 1. The number of nitrogens with one attached hydrogen (secondary N) is 1. The Bertz CT molecular complexity index is 279. The zero-order valence-corrected chi connectivity index (χ0v) is 13.4. The summed E-state index contributed by atoms with van der Waals surface area (Å²) in [7, 11) is 1.69. The molecule has 0 aromatic carbocycles. The van der Waals surface area contributed by atoms with Crippen LogP contribution in [0.1, 0.15) is 40.0 Å². The monoisotopic (exact) mass is 292 g/mol. The standard InChI is InChI=1S/C14H28N2O2.ClH/c1-14(2,3)12(18-4)9-16-13(17)11-7-5-6-10(11)8-15;/h10-12H,5-9,15H2,1-4H3,(H,16,17);1H/t10-,11-,12?;/m1./s1. The fraction of sp³-hybridized carbons (Fsp3) is 0.929. The molecule has 0 saturated heterocycles. The second kappa shape index (κ2) is 8.08. The Labute approximate surface area is 123 Å². The van der Waals surface area contributed by atoms with Crippen molar-refractivity contribution in [1.29, 1.82) is 0 Å². The smallest absolute Gasteiger partial charge is 0.223 e. The summed E-state index contributed by atoms with van der Waals surface area (Å²) in [5.41, 5.74) is 5.74. The SMILES string of the molecule is COC(CNC(=O)[C@@H]1CCC[C@@H]1CN)C(C)(C)C.Cl. The molecule has 0 heterocycles. The van der Waals surface area contributed by atoms with E-state index >= 15 is 0 Å². The highest BCUT2D eigenvalue weighted by Gasteiger charge is 2.33. The predicted molar refractivity (Wildman–Crippen MR) is 80.4 cm³/mol. The lowest BCUT2D eigenvalue weighted by atomic mass is 9.88. The number of hydrogen-bond acceptors (Lipinski definition) is 3. The van der Waals surface area contributed by atoms with Crippen LogP contribution in [0.5, 0.6) is 0 Å². The van der Waals surface area contributed by atoms with Crippen LogP contribution in [0, 0.1) is 17.3 Å². The Morgan fingerprint density at radius 1 is 1.42 bits per heavy atom. The minimum absolute atomic E-state index is 0. The van der Waals surface area contributed by atoms with Gasteiger partial charge in [-0.1, -0.05) is 27.2 Å². The van der Waals surface area contributed by atoms with Crippen molar-refractivity contribution in [2.24, 2.45) is 23.0 Å². The molecule has 19 heavy (non-hydrogen) atoms. The van der Waals surface area contributed by atoms with Crippen LogP contribution in [-0.2, 0) is 9.53 Å². The summed E-state index contributed by atoms with van der Waals surface area (Å²) in [5, 5.41) is 3.03. The fourth-order valence-corrected chi connectivity index (χ4v) is 2.73. The number of amides is 1. The van der Waals surface area contributed by atoms with Crippen LogP contribution in [0.3, 0.4) is 0 Å². The van der Waals surface area contributed by atoms with Crippen molar-refractivity contribution >= 4 is 18.3 Å². The normalized spacial score (nSPS) is 24.7. The van der Waals surface area contributed by atoms with Crippen LogP contribution < -0.4 is 11.1 Å². The van der Waals surface area contributed by atoms with Gasteiger partial charge in [0.1, 0.15) is 0 Å². The van der Waals surface area contributed by atoms with Gasteiger partial charge < -0.3 is 15.8 Å². The van der Waals surface area contributed by atoms with E-state index in [1.165, 1.54) is 0 Å². The highest BCUT2D eigenvalue weighted by Crippen LogP contribution is 2.31. The van der Waals surface area contributed by atoms with E-state index in [1.54, 1.807) is 7.11 Å². The zero-order valence-electron chi connectivity index (χ0n) is 12.6. The Hall–Kier alpha value is -0.320. The lowest BCUT2D eigenvalue weighted by Gasteiger charge is -2.30. The quantitative estimate of drug-likeness (QED) is 0.814. The molecule has 1 aliphatic rings. The van der Waals surface area contributed by atoms with E-state index in [-0.39, 0.29) is 35.8 Å². The maximum Gasteiger partial charge on any atom is 0.223 e. The van der Waals surface area contributed by atoms with Gasteiger partial charge in [-0.2, -0.15) is 0 Å². The molecule has 114 valence electrons. The van der Waals surface area contributed by atoms with Gasteiger partial charge >= 0.3 is 0 Å². The fourth-order valence-electron chi connectivity index (χ4n) is 2.73. The van der Waals surface area contributed by atoms with Gasteiger partial charge in [-0.3, -0.25) is 4.79 Å². The van der Waals surface area contributed by atoms with Gasteiger partial charge in [0.05, 0.1) is 6.10 Å². The first-order chi connectivity index (χ1) is 8.40. The van der Waals surface area contributed by atoms with Crippen molar-refractivity contribution in [1.82, 2.24) is 5.32 Å². The third-order valence-corrected chi connectivity index (χ3v) is 4.01. The van der Waals surface area contributed by atoms with Crippen molar-refractivity contribution in [3.05, 3.63) is 0 Å². The third-order valence-electron chi connectivity index (χ3n) is 4.01. The molecular weight excluding hydrogens is 264 g/mol. The molecule has 1 rings (SSSR count). The molecule has 1 amide bonds. The van der Waals surface area contributed by atoms with E-state index in [4.69, 9.17) is 10.5 Å². The molecule has 1 aliphatic carbocycles. The van der Waals surface area contributed by atoms with Crippen molar-refractivity contribution in [2.75, 3.05) is 20.2 Å². The van der Waals surface area contributed by atoms with Gasteiger partial charge in [-0.25, -0.2) is 0 Å². The van der Waals surface area contributed by atoms with Gasteiger partial charge in [0, 0.05) is 19.6 Å². The predicted octanol–water partition coefficient (Wildman–Crippen LogP) is 1.96. The number of hydrogen-bond donors (Lipinski definition) is 2. The molecule has 0 bridgehead atoms. The van der Waals surface area contributed by atoms with E-state index in [9.17, 15) is 4.79 Å². The summed E-state index contributed by atoms with van der Waals surface area (Å²) >= 11 is 0. The second-order valence-corrected chi connectivity index (χ2v) is 6.37. The highest BCUT2D eigenvalue weighted by molar-refractivity contribution is 5.85. The number of ether oxygens (including phenoxy) is 1. The first-order valence-electron chi connectivity index (χ1n) is 6.90. The van der Waals surface area contributed by atoms with Crippen molar-refractivity contribution in [3.63, 3.8) is 0 Å². The summed E-state index contributed by atoms with van der Waals surface area (Å²) in [6.45, 7) is 7.54. The van der Waals surface area contributed by atoms with Crippen molar-refractivity contribution in [3.8, 4) is 0 Å². The Morgan fingerprint density at radius 3 is 2.53 bits per heavy atom. The molecule has 3 N–H and O–H groups in total. The lowest BCUT2D eigenvalue weighted by Crippen LogP contribution is -2.43. The van der Waals surface area contributed by atoms with Gasteiger partial charge in [-0.15, -0.1) is 12.4 Å². The van der Waals surface area contributed by atoms with E-state index < -0.39 is 0 Å². The molecule has 5 heteroatoms. The zero-order chi connectivity index (χ0) is 13.8. The summed E-state index contributed by atoms with van der Waals surface area (Å²) in [6.07, 6.45) is 3.22. The number of rotatable bonds is 5. The van der Waals surface area contributed by atoms with Crippen molar-refractivity contribution in [2.45, 2.75) is 46.1 Å². The van der Waals surface area contributed by atoms with Crippen LogP contribution in [0.2, 0.25) is 0 Å². The average Bonchev–Trinajstić information content (AvgIpc) is 2.75. The molecule has 1 saturated carbocycles. The highest BCUT2D eigenvalue weighted by atomic mass is 35.5. The van der Waals surface area contributed by atoms with Crippen LogP contribution in [-0.4, -0.2) is 32.2 Å². The van der Waals surface area contributed by atoms with Gasteiger partial charge in [-0.05, 0) is 30.7 Å². The van der Waals surface area contributed by atoms with E-state index in [0.717, 1.165) is 19.3 Å². The molecule has 1 unspecified atom stereocenters. The van der Waals surface area contributed by atoms with E-state index in [1.807, 2.05) is 0 Å². The molecule has 0 spiro atoms. The van der Waals surface area contributed by atoms with Gasteiger partial charge in [0.15, 0.2) is 0 Å². The minimum atomic E-state index is 0. The number of halogens is 1. The maximum absolute atomic E-state index is 12.1.